The van der Waals surface area contributed by atoms with Crippen LogP contribution in [-0.2, 0) is 4.79 Å². The van der Waals surface area contributed by atoms with Crippen molar-refractivity contribution in [3.05, 3.63) is 53.2 Å². The zero-order chi connectivity index (χ0) is 21.6. The molecule has 1 fully saturated rings. The van der Waals surface area contributed by atoms with E-state index in [1.165, 1.54) is 0 Å². The summed E-state index contributed by atoms with van der Waals surface area (Å²) in [5.41, 5.74) is 8.19. The molecule has 1 aliphatic carbocycles. The molecule has 158 valence electrons. The number of carbonyl (C=O) groups is 2. The van der Waals surface area contributed by atoms with Gasteiger partial charge in [-0.25, -0.2) is 4.98 Å². The first-order valence-electron chi connectivity index (χ1n) is 10.4. The van der Waals surface area contributed by atoms with Crippen molar-refractivity contribution in [3.63, 3.8) is 0 Å². The van der Waals surface area contributed by atoms with Crippen LogP contribution in [-0.4, -0.2) is 27.9 Å². The van der Waals surface area contributed by atoms with Gasteiger partial charge in [-0.3, -0.25) is 9.59 Å². The van der Waals surface area contributed by atoms with Gasteiger partial charge in [-0.15, -0.1) is 0 Å². The Morgan fingerprint density at radius 1 is 1.27 bits per heavy atom. The minimum absolute atomic E-state index is 0.000460. The number of benzene rings is 1. The van der Waals surface area contributed by atoms with E-state index in [-0.39, 0.29) is 23.9 Å². The van der Waals surface area contributed by atoms with Gasteiger partial charge < -0.3 is 21.1 Å². The second-order valence-electron chi connectivity index (χ2n) is 8.46. The van der Waals surface area contributed by atoms with E-state index >= 15 is 0 Å². The number of nitrogens with two attached hydrogens (primary N) is 1. The lowest BCUT2D eigenvalue weighted by Crippen LogP contribution is -2.51. The van der Waals surface area contributed by atoms with E-state index in [9.17, 15) is 14.7 Å². The molecule has 1 aliphatic heterocycles. The smallest absolute Gasteiger partial charge is 0.248 e. The minimum atomic E-state index is -0.670. The summed E-state index contributed by atoms with van der Waals surface area (Å²) in [5, 5.41) is 13.4. The predicted molar refractivity (Wildman–Crippen MR) is 115 cm³/mol. The maximum atomic E-state index is 12.6. The molecule has 0 bridgehead atoms. The molecule has 2 amide bonds. The van der Waals surface area contributed by atoms with Gasteiger partial charge in [0.2, 0.25) is 11.8 Å². The van der Waals surface area contributed by atoms with E-state index in [0.29, 0.717) is 23.0 Å². The van der Waals surface area contributed by atoms with Crippen molar-refractivity contribution < 1.29 is 14.7 Å². The first-order valence-corrected chi connectivity index (χ1v) is 10.4. The van der Waals surface area contributed by atoms with Crippen molar-refractivity contribution in [2.75, 3.05) is 10.2 Å². The number of aliphatic hydroxyl groups is 1. The average molecular weight is 409 g/mol. The number of primary amides is 1. The Bertz CT molecular complexity index is 986. The maximum Gasteiger partial charge on any atom is 0.248 e. The van der Waals surface area contributed by atoms with E-state index in [1.807, 2.05) is 23.1 Å². The highest BCUT2D eigenvalue weighted by Crippen LogP contribution is 2.50. The molecule has 4 rings (SSSR count). The van der Waals surface area contributed by atoms with Gasteiger partial charge in [0.1, 0.15) is 5.82 Å². The van der Waals surface area contributed by atoms with Crippen LogP contribution < -0.4 is 16.0 Å². The molecule has 1 aromatic carbocycles. The summed E-state index contributed by atoms with van der Waals surface area (Å²) in [7, 11) is 0. The summed E-state index contributed by atoms with van der Waals surface area (Å²) in [4.78, 5) is 30.9. The van der Waals surface area contributed by atoms with Crippen molar-refractivity contribution in [1.82, 2.24) is 4.98 Å². The molecule has 1 aromatic heterocycles. The molecule has 7 heteroatoms. The van der Waals surface area contributed by atoms with E-state index in [1.54, 1.807) is 32.0 Å². The van der Waals surface area contributed by atoms with Gasteiger partial charge in [0.15, 0.2) is 0 Å². The summed E-state index contributed by atoms with van der Waals surface area (Å²) in [6.45, 7) is 5.40. The number of amides is 2. The van der Waals surface area contributed by atoms with Crippen LogP contribution in [0.4, 0.5) is 11.5 Å². The van der Waals surface area contributed by atoms with Gasteiger partial charge in [0.05, 0.1) is 17.8 Å². The molecule has 30 heavy (non-hydrogen) atoms. The SMILES string of the molecule is CC(=O)N1c2ccc(C(N)=O)cc2C(Nc2cccc(C(C)O)n2)C(C)C1C1CC1. The topological polar surface area (TPSA) is 109 Å². The number of hydrogen-bond acceptors (Lipinski definition) is 5. The van der Waals surface area contributed by atoms with Crippen molar-refractivity contribution in [3.8, 4) is 0 Å². The number of pyridine rings is 1. The fourth-order valence-corrected chi connectivity index (χ4v) is 4.64. The number of carbonyl (C=O) groups excluding carboxylic acids is 2. The molecule has 0 spiro atoms. The molecule has 4 atom stereocenters. The Balaban J connectivity index is 1.81. The quantitative estimate of drug-likeness (QED) is 0.704. The highest BCUT2D eigenvalue weighted by atomic mass is 16.3. The van der Waals surface area contributed by atoms with E-state index in [0.717, 1.165) is 24.1 Å². The highest BCUT2D eigenvalue weighted by Gasteiger charge is 2.47. The number of nitrogens with one attached hydrogen (secondary N) is 1. The number of aliphatic hydroxyl groups excluding tert-OH is 1. The van der Waals surface area contributed by atoms with Gasteiger partial charge >= 0.3 is 0 Å². The number of fused-ring (bicyclic) bond motifs is 1. The molecule has 4 unspecified atom stereocenters. The molecular formula is C23H28N4O3. The van der Waals surface area contributed by atoms with Crippen molar-refractivity contribution in [2.24, 2.45) is 17.6 Å². The largest absolute Gasteiger partial charge is 0.387 e. The number of aromatic nitrogens is 1. The standard InChI is InChI=1S/C23H28N4O3/c1-12-21(26-20-6-4-5-18(25-20)13(2)28)17-11-16(23(24)30)9-10-19(17)27(14(3)29)22(12)15-7-8-15/h4-6,9-13,15,21-22,28H,7-8H2,1-3H3,(H2,24,30)(H,25,26). The van der Waals surface area contributed by atoms with Crippen LogP contribution in [0.5, 0.6) is 0 Å². The van der Waals surface area contributed by atoms with Crippen molar-refractivity contribution in [2.45, 2.75) is 51.8 Å². The lowest BCUT2D eigenvalue weighted by atomic mass is 9.79. The average Bonchev–Trinajstić information content (AvgIpc) is 3.54. The molecule has 0 saturated heterocycles. The lowest BCUT2D eigenvalue weighted by molar-refractivity contribution is -0.117. The van der Waals surface area contributed by atoms with Crippen LogP contribution >= 0.6 is 0 Å². The Labute approximate surface area is 176 Å². The fraction of sp³-hybridized carbons (Fsp3) is 0.435. The Kier molecular flexibility index (Phi) is 5.24. The van der Waals surface area contributed by atoms with Gasteiger partial charge in [0, 0.05) is 30.1 Å². The third-order valence-corrected chi connectivity index (χ3v) is 6.22. The summed E-state index contributed by atoms with van der Waals surface area (Å²) in [5.74, 6) is 0.700. The second-order valence-corrected chi connectivity index (χ2v) is 8.46. The fourth-order valence-electron chi connectivity index (χ4n) is 4.64. The number of anilines is 2. The lowest BCUT2D eigenvalue weighted by Gasteiger charge is -2.46. The first-order chi connectivity index (χ1) is 14.3. The monoisotopic (exact) mass is 408 g/mol. The zero-order valence-electron chi connectivity index (χ0n) is 17.5. The first kappa shape index (κ1) is 20.3. The second kappa shape index (κ2) is 7.72. The van der Waals surface area contributed by atoms with Crippen LogP contribution in [0.1, 0.15) is 67.4 Å². The molecule has 0 radical (unpaired) electrons. The third kappa shape index (κ3) is 3.65. The Hall–Kier alpha value is -2.93. The van der Waals surface area contributed by atoms with Crippen LogP contribution in [0.15, 0.2) is 36.4 Å². The molecule has 2 aliphatic rings. The summed E-state index contributed by atoms with van der Waals surface area (Å²) in [6.07, 6.45) is 1.54. The van der Waals surface area contributed by atoms with E-state index < -0.39 is 12.0 Å². The van der Waals surface area contributed by atoms with Gasteiger partial charge in [-0.2, -0.15) is 0 Å². The minimum Gasteiger partial charge on any atom is -0.387 e. The highest BCUT2D eigenvalue weighted by molar-refractivity contribution is 5.97. The third-order valence-electron chi connectivity index (χ3n) is 6.22. The molecule has 2 aromatic rings. The Morgan fingerprint density at radius 3 is 2.60 bits per heavy atom. The van der Waals surface area contributed by atoms with Crippen LogP contribution in [0.3, 0.4) is 0 Å². The summed E-state index contributed by atoms with van der Waals surface area (Å²) < 4.78 is 0. The molecule has 7 nitrogen and oxygen atoms in total. The van der Waals surface area contributed by atoms with Crippen LogP contribution in [0.2, 0.25) is 0 Å². The van der Waals surface area contributed by atoms with E-state index in [2.05, 4.69) is 17.2 Å². The molecule has 1 saturated carbocycles. The van der Waals surface area contributed by atoms with Crippen molar-refractivity contribution >= 4 is 23.3 Å². The van der Waals surface area contributed by atoms with E-state index in [4.69, 9.17) is 5.73 Å². The summed E-state index contributed by atoms with van der Waals surface area (Å²) >= 11 is 0. The zero-order valence-corrected chi connectivity index (χ0v) is 17.5. The number of hydrogen-bond donors (Lipinski definition) is 3. The number of nitrogens with zero attached hydrogens (tertiary/aromatic N) is 2. The van der Waals surface area contributed by atoms with Gasteiger partial charge in [0.25, 0.3) is 0 Å². The normalized spacial score (nSPS) is 24.1. The Morgan fingerprint density at radius 2 is 2.00 bits per heavy atom. The number of rotatable bonds is 5. The summed E-state index contributed by atoms with van der Waals surface area (Å²) in [6, 6.07) is 10.7. The predicted octanol–water partition coefficient (Wildman–Crippen LogP) is 3.17. The van der Waals surface area contributed by atoms with Crippen molar-refractivity contribution in [1.29, 1.82) is 0 Å². The van der Waals surface area contributed by atoms with Crippen LogP contribution in [0, 0.1) is 11.8 Å². The molecule has 2 heterocycles. The van der Waals surface area contributed by atoms with Gasteiger partial charge in [-0.1, -0.05) is 13.0 Å². The van der Waals surface area contributed by atoms with Gasteiger partial charge in [-0.05, 0) is 61.6 Å². The molecular weight excluding hydrogens is 380 g/mol. The molecule has 4 N–H and O–H groups in total. The van der Waals surface area contributed by atoms with Crippen LogP contribution in [0.25, 0.3) is 0 Å². The maximum absolute atomic E-state index is 12.6.